The van der Waals surface area contributed by atoms with Crippen LogP contribution in [0.3, 0.4) is 0 Å². The molecule has 2 N–H and O–H groups in total. The monoisotopic (exact) mass is 346 g/mol. The van der Waals surface area contributed by atoms with Crippen LogP contribution in [0.5, 0.6) is 0 Å². The van der Waals surface area contributed by atoms with Crippen molar-refractivity contribution in [3.8, 4) is 0 Å². The number of benzene rings is 1. The van der Waals surface area contributed by atoms with Gasteiger partial charge in [-0.1, -0.05) is 38.1 Å². The van der Waals surface area contributed by atoms with Crippen LogP contribution in [-0.2, 0) is 17.8 Å². The van der Waals surface area contributed by atoms with Gasteiger partial charge in [0.15, 0.2) is 5.96 Å². The fraction of sp³-hybridized carbons (Fsp3) is 0.650. The molecule has 1 heterocycles. The summed E-state index contributed by atoms with van der Waals surface area (Å²) in [5, 5.41) is 6.75. The van der Waals surface area contributed by atoms with Crippen molar-refractivity contribution in [2.75, 3.05) is 32.8 Å². The standard InChI is InChI=1S/C20H34N4O/c1-4-21-20(23-15-19-12-9-13-25-19)22-14-17-10-7-8-11-18(17)16-24(5-2)6-3/h7-8,10-11,19H,4-6,9,12-16H2,1-3H3,(H2,21,22,23). The first kappa shape index (κ1) is 19.7. The predicted octanol–water partition coefficient (Wildman–Crippen LogP) is 2.76. The molecule has 1 aromatic carbocycles. The highest BCUT2D eigenvalue weighted by Crippen LogP contribution is 2.13. The van der Waals surface area contributed by atoms with Crippen molar-refractivity contribution in [1.82, 2.24) is 15.5 Å². The summed E-state index contributed by atoms with van der Waals surface area (Å²) in [6.45, 7) is 12.9. The maximum atomic E-state index is 5.68. The lowest BCUT2D eigenvalue weighted by atomic mass is 10.1. The predicted molar refractivity (Wildman–Crippen MR) is 105 cm³/mol. The minimum absolute atomic E-state index is 0.318. The molecule has 1 atom stereocenters. The summed E-state index contributed by atoms with van der Waals surface area (Å²) in [5.41, 5.74) is 2.66. The first-order valence-electron chi connectivity index (χ1n) is 9.69. The molecule has 2 rings (SSSR count). The largest absolute Gasteiger partial charge is 0.376 e. The molecule has 1 fully saturated rings. The van der Waals surface area contributed by atoms with Crippen LogP contribution < -0.4 is 10.6 Å². The zero-order valence-electron chi connectivity index (χ0n) is 16.1. The number of nitrogens with zero attached hydrogens (tertiary/aromatic N) is 2. The molecule has 5 nitrogen and oxygen atoms in total. The summed E-state index contributed by atoms with van der Waals surface area (Å²) < 4.78 is 5.68. The molecule has 0 bridgehead atoms. The normalized spacial score (nSPS) is 17.9. The lowest BCUT2D eigenvalue weighted by Gasteiger charge is -2.20. The Hall–Kier alpha value is -1.59. The van der Waals surface area contributed by atoms with Crippen molar-refractivity contribution in [3.05, 3.63) is 35.4 Å². The van der Waals surface area contributed by atoms with Crippen molar-refractivity contribution in [2.24, 2.45) is 4.99 Å². The third-order valence-electron chi connectivity index (χ3n) is 4.68. The quantitative estimate of drug-likeness (QED) is 0.533. The van der Waals surface area contributed by atoms with Crippen LogP contribution in [0.2, 0.25) is 0 Å². The van der Waals surface area contributed by atoms with Gasteiger partial charge < -0.3 is 15.4 Å². The van der Waals surface area contributed by atoms with Crippen LogP contribution in [0.25, 0.3) is 0 Å². The molecule has 0 spiro atoms. The van der Waals surface area contributed by atoms with E-state index in [4.69, 9.17) is 9.73 Å². The number of nitrogens with one attached hydrogen (secondary N) is 2. The number of guanidine groups is 1. The fourth-order valence-electron chi connectivity index (χ4n) is 3.08. The molecule has 0 radical (unpaired) electrons. The van der Waals surface area contributed by atoms with E-state index in [9.17, 15) is 0 Å². The van der Waals surface area contributed by atoms with Crippen LogP contribution in [0.15, 0.2) is 29.3 Å². The average molecular weight is 347 g/mol. The van der Waals surface area contributed by atoms with Crippen LogP contribution >= 0.6 is 0 Å². The van der Waals surface area contributed by atoms with Crippen molar-refractivity contribution in [2.45, 2.75) is 52.8 Å². The Morgan fingerprint density at radius 1 is 1.16 bits per heavy atom. The van der Waals surface area contributed by atoms with Gasteiger partial charge in [-0.05, 0) is 44.0 Å². The summed E-state index contributed by atoms with van der Waals surface area (Å²) in [7, 11) is 0. The fourth-order valence-corrected chi connectivity index (χ4v) is 3.08. The van der Waals surface area contributed by atoms with Gasteiger partial charge >= 0.3 is 0 Å². The third-order valence-corrected chi connectivity index (χ3v) is 4.68. The second-order valence-corrected chi connectivity index (χ2v) is 6.44. The Labute approximate surface area is 152 Å². The van der Waals surface area contributed by atoms with Gasteiger partial charge in [-0.3, -0.25) is 4.90 Å². The molecule has 0 aliphatic carbocycles. The first-order chi connectivity index (χ1) is 12.3. The van der Waals surface area contributed by atoms with Crippen molar-refractivity contribution in [1.29, 1.82) is 0 Å². The Morgan fingerprint density at radius 3 is 2.56 bits per heavy atom. The van der Waals surface area contributed by atoms with E-state index in [-0.39, 0.29) is 0 Å². The van der Waals surface area contributed by atoms with E-state index in [1.165, 1.54) is 17.5 Å². The molecule has 1 aliphatic heterocycles. The van der Waals surface area contributed by atoms with Crippen LogP contribution in [0, 0.1) is 0 Å². The summed E-state index contributed by atoms with van der Waals surface area (Å²) in [5.74, 6) is 0.871. The van der Waals surface area contributed by atoms with Gasteiger partial charge in [0.1, 0.15) is 0 Å². The van der Waals surface area contributed by atoms with Gasteiger partial charge in [0, 0.05) is 26.2 Å². The van der Waals surface area contributed by atoms with E-state index >= 15 is 0 Å². The molecular weight excluding hydrogens is 312 g/mol. The topological polar surface area (TPSA) is 48.9 Å². The van der Waals surface area contributed by atoms with E-state index in [0.29, 0.717) is 12.6 Å². The zero-order chi connectivity index (χ0) is 17.9. The average Bonchev–Trinajstić information content (AvgIpc) is 3.16. The Balaban J connectivity index is 1.98. The van der Waals surface area contributed by atoms with Crippen LogP contribution in [-0.4, -0.2) is 49.7 Å². The number of hydrogen-bond donors (Lipinski definition) is 2. The lowest BCUT2D eigenvalue weighted by molar-refractivity contribution is 0.114. The van der Waals surface area contributed by atoms with E-state index < -0.39 is 0 Å². The molecule has 5 heteroatoms. The van der Waals surface area contributed by atoms with Crippen molar-refractivity contribution < 1.29 is 4.74 Å². The van der Waals surface area contributed by atoms with Crippen LogP contribution in [0.1, 0.15) is 44.7 Å². The minimum atomic E-state index is 0.318. The van der Waals surface area contributed by atoms with Gasteiger partial charge in [-0.15, -0.1) is 0 Å². The summed E-state index contributed by atoms with van der Waals surface area (Å²) in [4.78, 5) is 7.22. The Bertz CT molecular complexity index is 522. The van der Waals surface area contributed by atoms with E-state index in [2.05, 4.69) is 60.6 Å². The van der Waals surface area contributed by atoms with Gasteiger partial charge in [0.05, 0.1) is 12.6 Å². The molecule has 0 aromatic heterocycles. The highest BCUT2D eigenvalue weighted by molar-refractivity contribution is 5.79. The second kappa shape index (κ2) is 11.1. The Morgan fingerprint density at radius 2 is 1.92 bits per heavy atom. The molecule has 0 amide bonds. The van der Waals surface area contributed by atoms with Gasteiger partial charge in [0.25, 0.3) is 0 Å². The van der Waals surface area contributed by atoms with Crippen LogP contribution in [0.4, 0.5) is 0 Å². The minimum Gasteiger partial charge on any atom is -0.376 e. The molecule has 1 aliphatic rings. The summed E-state index contributed by atoms with van der Waals surface area (Å²) in [6.07, 6.45) is 2.62. The molecule has 1 saturated heterocycles. The molecular formula is C20H34N4O. The molecule has 1 aromatic rings. The molecule has 25 heavy (non-hydrogen) atoms. The highest BCUT2D eigenvalue weighted by Gasteiger charge is 2.15. The van der Waals surface area contributed by atoms with Crippen molar-refractivity contribution in [3.63, 3.8) is 0 Å². The van der Waals surface area contributed by atoms with E-state index in [0.717, 1.165) is 51.7 Å². The van der Waals surface area contributed by atoms with E-state index in [1.807, 2.05) is 0 Å². The van der Waals surface area contributed by atoms with Gasteiger partial charge in [-0.25, -0.2) is 4.99 Å². The zero-order valence-corrected chi connectivity index (χ0v) is 16.1. The van der Waals surface area contributed by atoms with E-state index in [1.54, 1.807) is 0 Å². The maximum absolute atomic E-state index is 5.68. The molecule has 0 saturated carbocycles. The summed E-state index contributed by atoms with van der Waals surface area (Å²) in [6, 6.07) is 8.62. The number of hydrogen-bond acceptors (Lipinski definition) is 3. The highest BCUT2D eigenvalue weighted by atomic mass is 16.5. The van der Waals surface area contributed by atoms with Gasteiger partial charge in [-0.2, -0.15) is 0 Å². The number of rotatable bonds is 9. The number of aliphatic imine (C=N–C) groups is 1. The third kappa shape index (κ3) is 6.67. The first-order valence-corrected chi connectivity index (χ1v) is 9.69. The smallest absolute Gasteiger partial charge is 0.191 e. The van der Waals surface area contributed by atoms with Crippen molar-refractivity contribution >= 4 is 5.96 Å². The molecule has 140 valence electrons. The second-order valence-electron chi connectivity index (χ2n) is 6.44. The lowest BCUT2D eigenvalue weighted by Crippen LogP contribution is -2.41. The summed E-state index contributed by atoms with van der Waals surface area (Å²) >= 11 is 0. The Kier molecular flexibility index (Phi) is 8.77. The van der Waals surface area contributed by atoms with Gasteiger partial charge in [0.2, 0.25) is 0 Å². The molecule has 1 unspecified atom stereocenters. The SMILES string of the molecule is CCNC(=NCc1ccccc1CN(CC)CC)NCC1CCCO1. The maximum Gasteiger partial charge on any atom is 0.191 e. The number of ether oxygens (including phenoxy) is 1.